The van der Waals surface area contributed by atoms with Crippen LogP contribution < -0.4 is 15.1 Å². The van der Waals surface area contributed by atoms with Gasteiger partial charge in [0.25, 0.3) is 6.71 Å². The van der Waals surface area contributed by atoms with Gasteiger partial charge >= 0.3 is 0 Å². The molecule has 356 valence electrons. The first kappa shape index (κ1) is 46.8. The second-order valence-corrected chi connectivity index (χ2v) is 28.2. The fourth-order valence-corrected chi connectivity index (χ4v) is 15.1. The van der Waals surface area contributed by atoms with Crippen LogP contribution in [0.4, 0.5) is 11.4 Å². The van der Waals surface area contributed by atoms with E-state index in [9.17, 15) is 0 Å². The van der Waals surface area contributed by atoms with Gasteiger partial charge in [-0.15, -0.1) is 11.3 Å². The van der Waals surface area contributed by atoms with E-state index >= 15 is 0 Å². The molecule has 11 rings (SSSR count). The Bertz CT molecular complexity index is 3150. The van der Waals surface area contributed by atoms with Gasteiger partial charge in [0.05, 0.1) is 0 Å². The van der Waals surface area contributed by atoms with Crippen molar-refractivity contribution in [3.63, 3.8) is 0 Å². The summed E-state index contributed by atoms with van der Waals surface area (Å²) in [6.45, 7) is 36.7. The Labute approximate surface area is 421 Å². The Hall–Kier alpha value is -4.60. The standard InChI is InChI=1S/C66H78BNS/c1-40-20-28-55-59-43(34-40)35-47(41-21-25-50-52(36-41)65(12,13)32-30-63(50,8)9)58-48-38-44(61(2,3)4)23-29-57(48)69-60(58)67(59)54-27-22-42(46-18-16-17-19-49(46)62(5,6)7)37-56(54)68(55)45-24-26-51-53(39-45)66(14,15)33-31-64(51,10)11/h16-19,21-27,29,34,36-40,47H,20,28,30-33,35H2,1-15H3/t40?,47-/m1/s1. The third-order valence-electron chi connectivity index (χ3n) is 18.2. The fourth-order valence-electron chi connectivity index (χ4n) is 13.7. The molecular formula is C66H78BNS. The van der Waals surface area contributed by atoms with E-state index in [1.807, 2.05) is 0 Å². The van der Waals surface area contributed by atoms with Gasteiger partial charge in [0.2, 0.25) is 0 Å². The van der Waals surface area contributed by atoms with Gasteiger partial charge < -0.3 is 4.90 Å². The van der Waals surface area contributed by atoms with E-state index in [0.29, 0.717) is 5.92 Å². The molecule has 1 nitrogen and oxygen atoms in total. The molecule has 1 unspecified atom stereocenters. The molecule has 1 aromatic heterocycles. The van der Waals surface area contributed by atoms with E-state index < -0.39 is 0 Å². The van der Waals surface area contributed by atoms with Gasteiger partial charge in [0.1, 0.15) is 0 Å². The van der Waals surface area contributed by atoms with Crippen LogP contribution in [0.15, 0.2) is 120 Å². The highest BCUT2D eigenvalue weighted by atomic mass is 32.1. The van der Waals surface area contributed by atoms with E-state index in [-0.39, 0.29) is 45.1 Å². The summed E-state index contributed by atoms with van der Waals surface area (Å²) >= 11 is 2.10. The average Bonchev–Trinajstić information content (AvgIpc) is 3.50. The van der Waals surface area contributed by atoms with E-state index in [2.05, 4.69) is 223 Å². The predicted molar refractivity (Wildman–Crippen MR) is 302 cm³/mol. The molecule has 3 aliphatic carbocycles. The number of allylic oxidation sites excluding steroid dienone is 4. The van der Waals surface area contributed by atoms with Gasteiger partial charge in [-0.25, -0.2) is 0 Å². The van der Waals surface area contributed by atoms with Crippen molar-refractivity contribution in [2.45, 2.75) is 187 Å². The molecule has 0 amide bonds. The summed E-state index contributed by atoms with van der Waals surface area (Å²) in [5.74, 6) is 0.700. The Balaban J connectivity index is 1.23. The lowest BCUT2D eigenvalue weighted by Gasteiger charge is -2.44. The molecule has 0 spiro atoms. The lowest BCUT2D eigenvalue weighted by Crippen LogP contribution is -2.50. The first-order chi connectivity index (χ1) is 32.3. The van der Waals surface area contributed by atoms with E-state index in [0.717, 1.165) is 19.3 Å². The van der Waals surface area contributed by atoms with Crippen molar-refractivity contribution in [3.8, 4) is 11.1 Å². The second kappa shape index (κ2) is 15.7. The third-order valence-corrected chi connectivity index (χ3v) is 19.4. The molecule has 0 fully saturated rings. The molecule has 5 aliphatic rings. The van der Waals surface area contributed by atoms with E-state index in [4.69, 9.17) is 0 Å². The molecule has 5 aromatic carbocycles. The van der Waals surface area contributed by atoms with Gasteiger partial charge in [0.15, 0.2) is 0 Å². The van der Waals surface area contributed by atoms with E-state index in [1.54, 1.807) is 32.5 Å². The number of nitrogens with zero attached hydrogens (tertiary/aromatic N) is 1. The summed E-state index contributed by atoms with van der Waals surface area (Å²) in [4.78, 5) is 2.79. The fraction of sp³-hybridized carbons (Fsp3) is 0.455. The normalized spacial score (nSPS) is 22.2. The summed E-state index contributed by atoms with van der Waals surface area (Å²) in [6, 6.07) is 39.8. The average molecular weight is 928 g/mol. The van der Waals surface area contributed by atoms with Crippen LogP contribution in [0.1, 0.15) is 199 Å². The summed E-state index contributed by atoms with van der Waals surface area (Å²) in [5, 5.41) is 1.47. The van der Waals surface area contributed by atoms with Crippen molar-refractivity contribution in [2.75, 3.05) is 4.90 Å². The summed E-state index contributed by atoms with van der Waals surface area (Å²) < 4.78 is 2.98. The monoisotopic (exact) mass is 928 g/mol. The van der Waals surface area contributed by atoms with Crippen LogP contribution in [0, 0.1) is 5.92 Å². The maximum absolute atomic E-state index is 2.79. The number of fused-ring (bicyclic) bond motifs is 8. The van der Waals surface area contributed by atoms with Crippen LogP contribution in [0.3, 0.4) is 0 Å². The van der Waals surface area contributed by atoms with Crippen molar-refractivity contribution in [1.82, 2.24) is 0 Å². The number of anilines is 2. The molecule has 3 heterocycles. The maximum Gasteiger partial charge on any atom is 0.259 e. The van der Waals surface area contributed by atoms with Gasteiger partial charge in [-0.2, -0.15) is 0 Å². The molecule has 69 heavy (non-hydrogen) atoms. The van der Waals surface area contributed by atoms with Gasteiger partial charge in [-0.05, 0) is 190 Å². The molecule has 0 bridgehead atoms. The van der Waals surface area contributed by atoms with Crippen molar-refractivity contribution >= 4 is 49.7 Å². The minimum absolute atomic E-state index is 0.00567. The van der Waals surface area contributed by atoms with E-state index in [1.165, 1.54) is 97.2 Å². The lowest BCUT2D eigenvalue weighted by atomic mass is 9.36. The minimum Gasteiger partial charge on any atom is -0.315 e. The largest absolute Gasteiger partial charge is 0.315 e. The van der Waals surface area contributed by atoms with Gasteiger partial charge in [-0.1, -0.05) is 182 Å². The summed E-state index contributed by atoms with van der Waals surface area (Å²) in [6.07, 6.45) is 10.8. The molecular weight excluding hydrogens is 850 g/mol. The van der Waals surface area contributed by atoms with Crippen LogP contribution in [0.5, 0.6) is 0 Å². The molecule has 0 radical (unpaired) electrons. The zero-order valence-corrected chi connectivity index (χ0v) is 45.7. The minimum atomic E-state index is 0.00567. The number of benzene rings is 5. The van der Waals surface area contributed by atoms with Crippen LogP contribution in [-0.4, -0.2) is 6.71 Å². The zero-order valence-electron chi connectivity index (χ0n) is 44.9. The highest BCUT2D eigenvalue weighted by Gasteiger charge is 2.47. The molecule has 0 saturated carbocycles. The van der Waals surface area contributed by atoms with Crippen molar-refractivity contribution in [1.29, 1.82) is 0 Å². The van der Waals surface area contributed by atoms with Crippen LogP contribution >= 0.6 is 11.3 Å². The third kappa shape index (κ3) is 7.60. The highest BCUT2D eigenvalue weighted by Crippen LogP contribution is 2.54. The van der Waals surface area contributed by atoms with Crippen molar-refractivity contribution in [3.05, 3.63) is 164 Å². The molecule has 2 aliphatic heterocycles. The summed E-state index contributed by atoms with van der Waals surface area (Å²) in [7, 11) is 0. The topological polar surface area (TPSA) is 3.24 Å². The van der Waals surface area contributed by atoms with Crippen molar-refractivity contribution in [2.24, 2.45) is 5.92 Å². The van der Waals surface area contributed by atoms with Crippen molar-refractivity contribution < 1.29 is 0 Å². The Morgan fingerprint density at radius 3 is 1.94 bits per heavy atom. The summed E-state index contributed by atoms with van der Waals surface area (Å²) in [5.41, 5.74) is 24.1. The molecule has 6 aromatic rings. The molecule has 0 N–H and O–H groups in total. The Kier molecular flexibility index (Phi) is 10.6. The Morgan fingerprint density at radius 2 is 1.28 bits per heavy atom. The number of hydrogen-bond acceptors (Lipinski definition) is 2. The van der Waals surface area contributed by atoms with Gasteiger partial charge in [-0.3, -0.25) is 0 Å². The zero-order chi connectivity index (χ0) is 49.0. The van der Waals surface area contributed by atoms with Crippen LogP contribution in [0.2, 0.25) is 0 Å². The molecule has 3 heteroatoms. The maximum atomic E-state index is 2.79. The van der Waals surface area contributed by atoms with Crippen LogP contribution in [0.25, 0.3) is 21.2 Å². The first-order valence-electron chi connectivity index (χ1n) is 26.7. The predicted octanol–water partition coefficient (Wildman–Crippen LogP) is 17.3. The smallest absolute Gasteiger partial charge is 0.259 e. The van der Waals surface area contributed by atoms with Gasteiger partial charge in [0, 0.05) is 27.7 Å². The SMILES string of the molecule is CC1C=C2C[C@H](c3ccc4c(c3)C(C)(C)CCC4(C)C)c3c(sc4ccc(C(C)(C)C)cc34)B3C2=C(CC1)N(c1ccc2c(c1)C(C)(C)CCC2(C)C)c1cc(-c2ccccc2C(C)(C)C)ccc13. The molecule has 0 saturated heterocycles. The molecule has 2 atom stereocenters. The second-order valence-electron chi connectivity index (χ2n) is 27.1. The first-order valence-corrected chi connectivity index (χ1v) is 27.5. The number of hydrogen-bond donors (Lipinski definition) is 0. The number of thiophene rings is 1. The highest BCUT2D eigenvalue weighted by molar-refractivity contribution is 7.31. The quantitative estimate of drug-likeness (QED) is 0.160. The number of rotatable bonds is 3. The lowest BCUT2D eigenvalue weighted by molar-refractivity contribution is 0.331. The Morgan fingerprint density at radius 1 is 0.638 bits per heavy atom. The van der Waals surface area contributed by atoms with Crippen LogP contribution in [-0.2, 0) is 32.5 Å².